The molecule has 0 fully saturated rings. The molecule has 4 rings (SSSR count). The largest absolute Gasteiger partial charge is 0.497 e. The van der Waals surface area contributed by atoms with Crippen molar-refractivity contribution in [1.82, 2.24) is 14.8 Å². The highest BCUT2D eigenvalue weighted by atomic mass is 35.5. The number of hydrogen-bond donors (Lipinski definition) is 2. The first-order valence-corrected chi connectivity index (χ1v) is 10.4. The molecule has 150 valence electrons. The molecule has 9 nitrogen and oxygen atoms in total. The number of halogens is 1. The third-order valence-corrected chi connectivity index (χ3v) is 6.00. The lowest BCUT2D eigenvalue weighted by Crippen LogP contribution is -2.29. The quantitative estimate of drug-likeness (QED) is 0.639. The molecule has 0 saturated heterocycles. The molecular weight excluding hydrogens is 418 g/mol. The molecule has 2 aromatic carbocycles. The molecule has 1 aromatic heterocycles. The van der Waals surface area contributed by atoms with Crippen LogP contribution in [0.2, 0.25) is 5.02 Å². The van der Waals surface area contributed by atoms with E-state index in [4.69, 9.17) is 16.3 Å². The van der Waals surface area contributed by atoms with Gasteiger partial charge in [0.25, 0.3) is 16.0 Å². The number of methoxy groups -OCH3 is 1. The molecular formula is C18H16ClN5O4S. The normalized spacial score (nSPS) is 16.1. The molecule has 1 atom stereocenters. The molecule has 0 bridgehead atoms. The Kier molecular flexibility index (Phi) is 4.89. The van der Waals surface area contributed by atoms with E-state index >= 15 is 0 Å². The number of aromatic nitrogens is 3. The Morgan fingerprint density at radius 2 is 1.86 bits per heavy atom. The number of sulfonamides is 1. The van der Waals surface area contributed by atoms with Gasteiger partial charge in [-0.1, -0.05) is 23.7 Å². The number of amides is 1. The van der Waals surface area contributed by atoms with Crippen LogP contribution in [0.25, 0.3) is 0 Å². The van der Waals surface area contributed by atoms with E-state index in [9.17, 15) is 13.2 Å². The van der Waals surface area contributed by atoms with Gasteiger partial charge in [-0.2, -0.15) is 4.98 Å². The van der Waals surface area contributed by atoms with Gasteiger partial charge >= 0.3 is 0 Å². The lowest BCUT2D eigenvalue weighted by molar-refractivity contribution is -0.117. The van der Waals surface area contributed by atoms with Crippen molar-refractivity contribution in [2.45, 2.75) is 17.4 Å². The van der Waals surface area contributed by atoms with Gasteiger partial charge in [0.15, 0.2) is 0 Å². The fourth-order valence-corrected chi connectivity index (χ4v) is 4.05. The van der Waals surface area contributed by atoms with Crippen LogP contribution < -0.4 is 14.8 Å². The van der Waals surface area contributed by atoms with Crippen LogP contribution in [0.1, 0.15) is 18.0 Å². The maximum atomic E-state index is 12.6. The lowest BCUT2D eigenvalue weighted by Gasteiger charge is -2.23. The zero-order valence-corrected chi connectivity index (χ0v) is 16.7. The predicted molar refractivity (Wildman–Crippen MR) is 107 cm³/mol. The van der Waals surface area contributed by atoms with Crippen molar-refractivity contribution in [2.24, 2.45) is 0 Å². The number of hydrogen-bond acceptors (Lipinski definition) is 6. The molecule has 0 saturated carbocycles. The monoisotopic (exact) mass is 433 g/mol. The Balaban J connectivity index is 1.64. The smallest absolute Gasteiger partial charge is 0.264 e. The van der Waals surface area contributed by atoms with Crippen molar-refractivity contribution in [3.63, 3.8) is 0 Å². The predicted octanol–water partition coefficient (Wildman–Crippen LogP) is 2.67. The van der Waals surface area contributed by atoms with Gasteiger partial charge in [0.2, 0.25) is 11.9 Å². The number of carbonyl (C=O) groups is 1. The molecule has 0 spiro atoms. The summed E-state index contributed by atoms with van der Waals surface area (Å²) < 4.78 is 34.1. The van der Waals surface area contributed by atoms with E-state index in [1.54, 1.807) is 24.3 Å². The van der Waals surface area contributed by atoms with Gasteiger partial charge in [-0.15, -0.1) is 5.10 Å². The van der Waals surface area contributed by atoms with Crippen molar-refractivity contribution in [1.29, 1.82) is 0 Å². The summed E-state index contributed by atoms with van der Waals surface area (Å²) in [6.07, 6.45) is 0.142. The Morgan fingerprint density at radius 3 is 2.52 bits per heavy atom. The van der Waals surface area contributed by atoms with E-state index < -0.39 is 16.1 Å². The molecule has 1 aliphatic heterocycles. The van der Waals surface area contributed by atoms with Crippen LogP contribution in [0.15, 0.2) is 53.4 Å². The van der Waals surface area contributed by atoms with Gasteiger partial charge in [0, 0.05) is 5.02 Å². The number of ether oxygens (including phenoxy) is 1. The van der Waals surface area contributed by atoms with Gasteiger partial charge < -0.3 is 4.74 Å². The maximum absolute atomic E-state index is 12.6. The number of fused-ring (bicyclic) bond motifs is 1. The Labute approximate surface area is 171 Å². The van der Waals surface area contributed by atoms with Crippen LogP contribution in [0.4, 0.5) is 11.9 Å². The van der Waals surface area contributed by atoms with E-state index in [0.29, 0.717) is 10.8 Å². The SMILES string of the molecule is COc1ccc(S(=O)(=O)Nc2nc3n(n2)[C@H](c2ccc(Cl)cc2)CC(=O)N3)cc1. The molecule has 1 aliphatic rings. The fourth-order valence-electron chi connectivity index (χ4n) is 2.98. The standard InChI is InChI=1S/C18H16ClN5O4S/c1-28-13-6-8-14(9-7-13)29(26,27)23-17-21-18-20-16(25)10-15(24(18)22-17)11-2-4-12(19)5-3-11/h2-9,15H,10H2,1H3,(H2,20,21,22,23,25)/t15-/m0/s1. The minimum absolute atomic E-state index is 0.0318. The fraction of sp³-hybridized carbons (Fsp3) is 0.167. The summed E-state index contributed by atoms with van der Waals surface area (Å²) >= 11 is 5.93. The van der Waals surface area contributed by atoms with Crippen molar-refractivity contribution in [3.05, 3.63) is 59.1 Å². The van der Waals surface area contributed by atoms with Crippen molar-refractivity contribution < 1.29 is 17.9 Å². The third-order valence-electron chi connectivity index (χ3n) is 4.41. The zero-order chi connectivity index (χ0) is 20.6. The second kappa shape index (κ2) is 7.37. The summed E-state index contributed by atoms with van der Waals surface area (Å²) in [5, 5.41) is 7.43. The number of benzene rings is 2. The molecule has 29 heavy (non-hydrogen) atoms. The highest BCUT2D eigenvalue weighted by Gasteiger charge is 2.30. The Bertz CT molecular complexity index is 1160. The first-order valence-electron chi connectivity index (χ1n) is 8.54. The number of rotatable bonds is 5. The highest BCUT2D eigenvalue weighted by Crippen LogP contribution is 2.31. The first kappa shape index (κ1) is 19.2. The minimum Gasteiger partial charge on any atom is -0.497 e. The summed E-state index contributed by atoms with van der Waals surface area (Å²) in [7, 11) is -2.42. The minimum atomic E-state index is -3.91. The van der Waals surface area contributed by atoms with Gasteiger partial charge in [-0.25, -0.2) is 17.8 Å². The number of nitrogens with zero attached hydrogens (tertiary/aromatic N) is 3. The average Bonchev–Trinajstić information content (AvgIpc) is 3.09. The van der Waals surface area contributed by atoms with E-state index in [-0.39, 0.29) is 29.1 Å². The van der Waals surface area contributed by atoms with Crippen molar-refractivity contribution in [2.75, 3.05) is 17.1 Å². The maximum Gasteiger partial charge on any atom is 0.264 e. The second-order valence-corrected chi connectivity index (χ2v) is 8.42. The lowest BCUT2D eigenvalue weighted by atomic mass is 10.0. The molecule has 0 radical (unpaired) electrons. The van der Waals surface area contributed by atoms with Crippen LogP contribution in [0.3, 0.4) is 0 Å². The Morgan fingerprint density at radius 1 is 1.17 bits per heavy atom. The molecule has 11 heteroatoms. The van der Waals surface area contributed by atoms with Crippen LogP contribution in [-0.2, 0) is 14.8 Å². The van der Waals surface area contributed by atoms with Crippen LogP contribution in [0.5, 0.6) is 5.75 Å². The first-order chi connectivity index (χ1) is 13.9. The third kappa shape index (κ3) is 3.89. The van der Waals surface area contributed by atoms with E-state index in [1.807, 2.05) is 0 Å². The summed E-state index contributed by atoms with van der Waals surface area (Å²) in [6, 6.07) is 12.5. The van der Waals surface area contributed by atoms with Crippen molar-refractivity contribution >= 4 is 39.4 Å². The summed E-state index contributed by atoms with van der Waals surface area (Å²) in [4.78, 5) is 16.2. The van der Waals surface area contributed by atoms with E-state index in [1.165, 1.54) is 36.1 Å². The molecule has 2 N–H and O–H groups in total. The van der Waals surface area contributed by atoms with Gasteiger partial charge in [0.1, 0.15) is 5.75 Å². The molecule has 3 aromatic rings. The highest BCUT2D eigenvalue weighted by molar-refractivity contribution is 7.92. The number of anilines is 2. The van der Waals surface area contributed by atoms with Crippen LogP contribution in [-0.4, -0.2) is 36.2 Å². The molecule has 0 unspecified atom stereocenters. The van der Waals surface area contributed by atoms with Gasteiger partial charge in [-0.05, 0) is 42.0 Å². The van der Waals surface area contributed by atoms with E-state index in [2.05, 4.69) is 20.1 Å². The zero-order valence-electron chi connectivity index (χ0n) is 15.2. The van der Waals surface area contributed by atoms with Crippen LogP contribution in [0, 0.1) is 0 Å². The Hall–Kier alpha value is -3.11. The summed E-state index contributed by atoms with van der Waals surface area (Å²) in [5.74, 6) is 0.313. The van der Waals surface area contributed by atoms with Crippen molar-refractivity contribution in [3.8, 4) is 5.75 Å². The van der Waals surface area contributed by atoms with Gasteiger partial charge in [0.05, 0.1) is 24.5 Å². The summed E-state index contributed by atoms with van der Waals surface area (Å²) in [5.41, 5.74) is 0.806. The number of nitrogens with one attached hydrogen (secondary N) is 2. The van der Waals surface area contributed by atoms with Crippen LogP contribution >= 0.6 is 11.6 Å². The number of carbonyl (C=O) groups excluding carboxylic acids is 1. The molecule has 0 aliphatic carbocycles. The second-order valence-electron chi connectivity index (χ2n) is 6.30. The topological polar surface area (TPSA) is 115 Å². The van der Waals surface area contributed by atoms with E-state index in [0.717, 1.165) is 5.56 Å². The molecule has 2 heterocycles. The molecule has 1 amide bonds. The summed E-state index contributed by atoms with van der Waals surface area (Å²) in [6.45, 7) is 0. The van der Waals surface area contributed by atoms with Gasteiger partial charge in [-0.3, -0.25) is 10.1 Å². The average molecular weight is 434 g/mol.